The first-order chi connectivity index (χ1) is 4.41. The number of rotatable bonds is 4. The van der Waals surface area contributed by atoms with Crippen LogP contribution < -0.4 is 5.32 Å². The average Bonchev–Trinajstić information content (AvgIpc) is 1.89. The van der Waals surface area contributed by atoms with Gasteiger partial charge in [0.1, 0.15) is 6.61 Å². The highest BCUT2D eigenvalue weighted by atomic mass is 16.5. The van der Waals surface area contributed by atoms with E-state index < -0.39 is 0 Å². The molecule has 0 fully saturated rings. The summed E-state index contributed by atoms with van der Waals surface area (Å²) in [4.78, 5) is 0. The summed E-state index contributed by atoms with van der Waals surface area (Å²) in [6.45, 7) is 4.00. The van der Waals surface area contributed by atoms with E-state index >= 15 is 0 Å². The zero-order valence-electron chi connectivity index (χ0n) is 6.03. The van der Waals surface area contributed by atoms with Crippen molar-refractivity contribution < 1.29 is 4.74 Å². The summed E-state index contributed by atoms with van der Waals surface area (Å²) in [5.41, 5.74) is 0. The van der Waals surface area contributed by atoms with Gasteiger partial charge in [0, 0.05) is 6.54 Å². The summed E-state index contributed by atoms with van der Waals surface area (Å²) < 4.78 is 5.08. The molecule has 0 saturated heterocycles. The summed E-state index contributed by atoms with van der Waals surface area (Å²) in [6, 6.07) is 0. The van der Waals surface area contributed by atoms with E-state index in [9.17, 15) is 0 Å². The largest absolute Gasteiger partial charge is 0.367 e. The van der Waals surface area contributed by atoms with Gasteiger partial charge in [-0.15, -0.1) is 5.92 Å². The van der Waals surface area contributed by atoms with Crippen LogP contribution in [0.5, 0.6) is 0 Å². The zero-order chi connectivity index (χ0) is 6.95. The van der Waals surface area contributed by atoms with Crippen LogP contribution in [0.25, 0.3) is 0 Å². The predicted molar refractivity (Wildman–Crippen MR) is 38.2 cm³/mol. The van der Waals surface area contributed by atoms with Crippen LogP contribution in [0.3, 0.4) is 0 Å². The van der Waals surface area contributed by atoms with Crippen molar-refractivity contribution in [3.05, 3.63) is 0 Å². The number of hydrogen-bond acceptors (Lipinski definition) is 2. The van der Waals surface area contributed by atoms with Crippen molar-refractivity contribution in [2.24, 2.45) is 0 Å². The lowest BCUT2D eigenvalue weighted by molar-refractivity contribution is 0.170. The predicted octanol–water partition coefficient (Wildman–Crippen LogP) is 0.246. The van der Waals surface area contributed by atoms with E-state index in [0.717, 1.165) is 13.2 Å². The molecule has 2 heteroatoms. The summed E-state index contributed by atoms with van der Waals surface area (Å²) in [7, 11) is 1.90. The van der Waals surface area contributed by atoms with Crippen molar-refractivity contribution in [2.45, 2.75) is 6.92 Å². The van der Waals surface area contributed by atoms with Crippen molar-refractivity contribution >= 4 is 0 Å². The van der Waals surface area contributed by atoms with E-state index in [1.54, 1.807) is 6.92 Å². The lowest BCUT2D eigenvalue weighted by Crippen LogP contribution is -2.14. The Balaban J connectivity index is 2.80. The quantitative estimate of drug-likeness (QED) is 0.431. The SMILES string of the molecule is CC#CCOCCNC. The molecule has 0 aliphatic heterocycles. The van der Waals surface area contributed by atoms with Crippen molar-refractivity contribution in [3.8, 4) is 11.8 Å². The highest BCUT2D eigenvalue weighted by Gasteiger charge is 1.79. The normalized spacial score (nSPS) is 8.22. The Morgan fingerprint density at radius 3 is 2.89 bits per heavy atom. The van der Waals surface area contributed by atoms with Gasteiger partial charge in [-0.2, -0.15) is 0 Å². The first-order valence-electron chi connectivity index (χ1n) is 3.03. The van der Waals surface area contributed by atoms with Gasteiger partial charge in [-0.05, 0) is 14.0 Å². The first kappa shape index (κ1) is 8.48. The fourth-order valence-corrected chi connectivity index (χ4v) is 0.370. The monoisotopic (exact) mass is 127 g/mol. The Kier molecular flexibility index (Phi) is 7.05. The van der Waals surface area contributed by atoms with Crippen LogP contribution in [0.1, 0.15) is 6.92 Å². The second kappa shape index (κ2) is 7.48. The van der Waals surface area contributed by atoms with Gasteiger partial charge in [0.05, 0.1) is 6.61 Å². The molecular formula is C7H13NO. The molecule has 0 aliphatic rings. The van der Waals surface area contributed by atoms with E-state index in [0.29, 0.717) is 6.61 Å². The number of ether oxygens (including phenoxy) is 1. The highest BCUT2D eigenvalue weighted by Crippen LogP contribution is 1.68. The van der Waals surface area contributed by atoms with Crippen molar-refractivity contribution in [1.29, 1.82) is 0 Å². The van der Waals surface area contributed by atoms with E-state index in [1.165, 1.54) is 0 Å². The van der Waals surface area contributed by atoms with Crippen LogP contribution >= 0.6 is 0 Å². The topological polar surface area (TPSA) is 21.3 Å². The molecule has 0 aliphatic carbocycles. The molecule has 0 spiro atoms. The Hall–Kier alpha value is -0.520. The fourth-order valence-electron chi connectivity index (χ4n) is 0.370. The first-order valence-corrected chi connectivity index (χ1v) is 3.03. The van der Waals surface area contributed by atoms with Crippen molar-refractivity contribution in [3.63, 3.8) is 0 Å². The molecule has 0 aromatic heterocycles. The molecule has 0 unspecified atom stereocenters. The van der Waals surface area contributed by atoms with Crippen LogP contribution in [0.15, 0.2) is 0 Å². The minimum atomic E-state index is 0.554. The molecule has 0 saturated carbocycles. The lowest BCUT2D eigenvalue weighted by atomic mass is 10.6. The Labute approximate surface area is 56.6 Å². The molecular weight excluding hydrogens is 114 g/mol. The van der Waals surface area contributed by atoms with Gasteiger partial charge in [-0.25, -0.2) is 0 Å². The molecule has 0 bridgehead atoms. The Bertz CT molecular complexity index is 101. The van der Waals surface area contributed by atoms with Crippen molar-refractivity contribution in [2.75, 3.05) is 26.8 Å². The lowest BCUT2D eigenvalue weighted by Gasteiger charge is -1.96. The van der Waals surface area contributed by atoms with Crippen LogP contribution in [-0.2, 0) is 4.74 Å². The molecule has 2 nitrogen and oxygen atoms in total. The third kappa shape index (κ3) is 7.48. The maximum atomic E-state index is 5.08. The third-order valence-electron chi connectivity index (χ3n) is 0.847. The van der Waals surface area contributed by atoms with Gasteiger partial charge in [0.15, 0.2) is 0 Å². The number of likely N-dealkylation sites (N-methyl/N-ethyl adjacent to an activating group) is 1. The summed E-state index contributed by atoms with van der Waals surface area (Å²) >= 11 is 0. The van der Waals surface area contributed by atoms with Gasteiger partial charge >= 0.3 is 0 Å². The zero-order valence-corrected chi connectivity index (χ0v) is 6.03. The molecule has 52 valence electrons. The molecule has 0 rings (SSSR count). The second-order valence-corrected chi connectivity index (χ2v) is 1.58. The average molecular weight is 127 g/mol. The fraction of sp³-hybridized carbons (Fsp3) is 0.714. The highest BCUT2D eigenvalue weighted by molar-refractivity contribution is 4.94. The number of hydrogen-bond donors (Lipinski definition) is 1. The van der Waals surface area contributed by atoms with E-state index in [2.05, 4.69) is 17.2 Å². The van der Waals surface area contributed by atoms with E-state index in [-0.39, 0.29) is 0 Å². The maximum Gasteiger partial charge on any atom is 0.107 e. The molecule has 1 N–H and O–H groups in total. The van der Waals surface area contributed by atoms with Gasteiger partial charge < -0.3 is 10.1 Å². The maximum absolute atomic E-state index is 5.08. The van der Waals surface area contributed by atoms with Crippen LogP contribution in [0.4, 0.5) is 0 Å². The smallest absolute Gasteiger partial charge is 0.107 e. The van der Waals surface area contributed by atoms with Crippen LogP contribution in [0, 0.1) is 11.8 Å². The van der Waals surface area contributed by atoms with E-state index in [4.69, 9.17) is 4.74 Å². The Morgan fingerprint density at radius 2 is 2.33 bits per heavy atom. The molecule has 0 amide bonds. The van der Waals surface area contributed by atoms with Gasteiger partial charge in [-0.1, -0.05) is 5.92 Å². The van der Waals surface area contributed by atoms with E-state index in [1.807, 2.05) is 7.05 Å². The van der Waals surface area contributed by atoms with Crippen LogP contribution in [-0.4, -0.2) is 26.8 Å². The standard InChI is InChI=1S/C7H13NO/c1-3-4-6-9-7-5-8-2/h8H,5-7H2,1-2H3. The van der Waals surface area contributed by atoms with Gasteiger partial charge in [-0.3, -0.25) is 0 Å². The van der Waals surface area contributed by atoms with Gasteiger partial charge in [0.2, 0.25) is 0 Å². The second-order valence-electron chi connectivity index (χ2n) is 1.58. The molecule has 0 radical (unpaired) electrons. The molecule has 0 aromatic rings. The van der Waals surface area contributed by atoms with Gasteiger partial charge in [0.25, 0.3) is 0 Å². The minimum Gasteiger partial charge on any atom is -0.367 e. The molecule has 0 aromatic carbocycles. The molecule has 9 heavy (non-hydrogen) atoms. The Morgan fingerprint density at radius 1 is 1.56 bits per heavy atom. The molecule has 0 atom stereocenters. The third-order valence-corrected chi connectivity index (χ3v) is 0.847. The summed E-state index contributed by atoms with van der Waals surface area (Å²) in [6.07, 6.45) is 0. The summed E-state index contributed by atoms with van der Waals surface area (Å²) in [5, 5.41) is 2.97. The number of nitrogens with one attached hydrogen (secondary N) is 1. The molecule has 0 heterocycles. The van der Waals surface area contributed by atoms with Crippen molar-refractivity contribution in [1.82, 2.24) is 5.32 Å². The summed E-state index contributed by atoms with van der Waals surface area (Å²) in [5.74, 6) is 5.56. The minimum absolute atomic E-state index is 0.554. The van der Waals surface area contributed by atoms with Crippen LogP contribution in [0.2, 0.25) is 0 Å².